The highest BCUT2D eigenvalue weighted by Crippen LogP contribution is 2.60. The Morgan fingerprint density at radius 3 is 2.48 bits per heavy atom. The monoisotopic (exact) mass is 298 g/mol. The molecular formula is C17H30O4. The summed E-state index contributed by atoms with van der Waals surface area (Å²) in [6, 6.07) is 0. The minimum absolute atomic E-state index is 0. The van der Waals surface area contributed by atoms with Crippen molar-refractivity contribution in [1.29, 1.82) is 0 Å². The van der Waals surface area contributed by atoms with Crippen LogP contribution < -0.4 is 0 Å². The van der Waals surface area contributed by atoms with E-state index in [2.05, 4.69) is 20.8 Å². The zero-order chi connectivity index (χ0) is 14.1. The molecule has 4 heterocycles. The molecule has 1 saturated carbocycles. The van der Waals surface area contributed by atoms with E-state index in [1.54, 1.807) is 0 Å². The second kappa shape index (κ2) is 4.92. The van der Waals surface area contributed by atoms with Crippen molar-refractivity contribution in [3.8, 4) is 0 Å². The lowest BCUT2D eigenvalue weighted by molar-refractivity contribution is -0.570. The highest BCUT2D eigenvalue weighted by molar-refractivity contribution is 5.09. The van der Waals surface area contributed by atoms with E-state index >= 15 is 0 Å². The molecule has 5 aliphatic rings. The maximum Gasteiger partial charge on any atom is 0.201 e. The van der Waals surface area contributed by atoms with Crippen LogP contribution in [0.1, 0.15) is 60.8 Å². The minimum Gasteiger partial charge on any atom is -0.346 e. The molecule has 0 amide bonds. The molecule has 1 unspecified atom stereocenters. The highest BCUT2D eigenvalue weighted by Gasteiger charge is 2.68. The summed E-state index contributed by atoms with van der Waals surface area (Å²) in [6.45, 7) is 8.77. The average molecular weight is 298 g/mol. The molecule has 0 aromatic rings. The first-order chi connectivity index (χ1) is 9.46. The van der Waals surface area contributed by atoms with Gasteiger partial charge in [-0.2, -0.15) is 0 Å². The van der Waals surface area contributed by atoms with Gasteiger partial charge in [0.15, 0.2) is 11.9 Å². The Morgan fingerprint density at radius 1 is 0.952 bits per heavy atom. The summed E-state index contributed by atoms with van der Waals surface area (Å²) < 4.78 is 12.5. The van der Waals surface area contributed by atoms with Crippen molar-refractivity contribution in [2.24, 2.45) is 23.7 Å². The van der Waals surface area contributed by atoms with Crippen LogP contribution in [-0.4, -0.2) is 23.8 Å². The molecule has 0 aromatic carbocycles. The second-order valence-corrected chi connectivity index (χ2v) is 7.61. The minimum atomic E-state index is -0.641. The molecule has 122 valence electrons. The number of fused-ring (bicyclic) bond motifs is 2. The Morgan fingerprint density at radius 2 is 1.71 bits per heavy atom. The molecule has 21 heavy (non-hydrogen) atoms. The van der Waals surface area contributed by atoms with Crippen LogP contribution in [0.25, 0.3) is 0 Å². The van der Waals surface area contributed by atoms with Gasteiger partial charge >= 0.3 is 0 Å². The largest absolute Gasteiger partial charge is 0.346 e. The smallest absolute Gasteiger partial charge is 0.201 e. The van der Waals surface area contributed by atoms with Gasteiger partial charge in [-0.05, 0) is 50.9 Å². The molecule has 4 aliphatic heterocycles. The van der Waals surface area contributed by atoms with E-state index in [1.807, 2.05) is 6.92 Å². The molecule has 8 atom stereocenters. The molecule has 0 N–H and O–H groups in total. The average Bonchev–Trinajstić information content (AvgIpc) is 2.63. The summed E-state index contributed by atoms with van der Waals surface area (Å²) >= 11 is 0. The fourth-order valence-electron chi connectivity index (χ4n) is 5.08. The van der Waals surface area contributed by atoms with E-state index in [9.17, 15) is 0 Å². The summed E-state index contributed by atoms with van der Waals surface area (Å²) in [7, 11) is 0. The fraction of sp³-hybridized carbons (Fsp3) is 1.00. The van der Waals surface area contributed by atoms with Crippen LogP contribution in [0.3, 0.4) is 0 Å². The van der Waals surface area contributed by atoms with Crippen LogP contribution in [0.5, 0.6) is 0 Å². The Bertz CT molecular complexity index is 410. The van der Waals surface area contributed by atoms with Crippen LogP contribution in [0.4, 0.5) is 0 Å². The first-order valence-corrected chi connectivity index (χ1v) is 8.16. The standard InChI is InChI=1S/C16H26O4.CH4/c1-9-5-6-13-10(2)11(3)17-14-16(13)12(9)7-8-15(4,18-14)19-20-16;/h9-14H,5-8H2,1-4H3;1H4/t9-,10+,11?,12+,13+,14-,15-,16-;/m1./s1. The molecule has 4 nitrogen and oxygen atoms in total. The van der Waals surface area contributed by atoms with E-state index in [0.29, 0.717) is 23.7 Å². The van der Waals surface area contributed by atoms with Crippen molar-refractivity contribution in [3.05, 3.63) is 0 Å². The van der Waals surface area contributed by atoms with Crippen molar-refractivity contribution in [1.82, 2.24) is 0 Å². The van der Waals surface area contributed by atoms with Crippen molar-refractivity contribution in [2.75, 3.05) is 0 Å². The number of ether oxygens (including phenoxy) is 2. The predicted molar refractivity (Wildman–Crippen MR) is 79.2 cm³/mol. The van der Waals surface area contributed by atoms with E-state index in [4.69, 9.17) is 19.2 Å². The van der Waals surface area contributed by atoms with Gasteiger partial charge in [-0.25, -0.2) is 9.78 Å². The van der Waals surface area contributed by atoms with Gasteiger partial charge in [0, 0.05) is 12.3 Å². The van der Waals surface area contributed by atoms with Gasteiger partial charge in [0.05, 0.1) is 6.10 Å². The quantitative estimate of drug-likeness (QED) is 0.636. The Balaban J connectivity index is 0.00000132. The Kier molecular flexibility index (Phi) is 3.68. The van der Waals surface area contributed by atoms with Gasteiger partial charge in [0.1, 0.15) is 0 Å². The topological polar surface area (TPSA) is 36.9 Å². The van der Waals surface area contributed by atoms with Gasteiger partial charge in [-0.3, -0.25) is 0 Å². The van der Waals surface area contributed by atoms with Crippen molar-refractivity contribution in [3.63, 3.8) is 0 Å². The van der Waals surface area contributed by atoms with Crippen molar-refractivity contribution < 1.29 is 19.2 Å². The molecule has 2 bridgehead atoms. The number of rotatable bonds is 0. The lowest BCUT2D eigenvalue weighted by Crippen LogP contribution is -2.70. The number of hydrogen-bond acceptors (Lipinski definition) is 4. The first kappa shape index (κ1) is 15.7. The summed E-state index contributed by atoms with van der Waals surface area (Å²) in [5.41, 5.74) is -0.389. The summed E-state index contributed by atoms with van der Waals surface area (Å²) in [4.78, 5) is 11.8. The third-order valence-electron chi connectivity index (χ3n) is 6.49. The third-order valence-corrected chi connectivity index (χ3v) is 6.49. The van der Waals surface area contributed by atoms with Gasteiger partial charge in [-0.15, -0.1) is 0 Å². The van der Waals surface area contributed by atoms with Crippen LogP contribution >= 0.6 is 0 Å². The summed E-state index contributed by atoms with van der Waals surface area (Å²) in [6.07, 6.45) is 4.41. The second-order valence-electron chi connectivity index (χ2n) is 7.61. The molecular weight excluding hydrogens is 268 g/mol. The van der Waals surface area contributed by atoms with Gasteiger partial charge in [-0.1, -0.05) is 21.3 Å². The number of hydrogen-bond donors (Lipinski definition) is 0. The van der Waals surface area contributed by atoms with E-state index in [1.165, 1.54) is 12.8 Å². The molecule has 0 radical (unpaired) electrons. The maximum atomic E-state index is 6.23. The van der Waals surface area contributed by atoms with E-state index in [-0.39, 0.29) is 25.4 Å². The first-order valence-electron chi connectivity index (χ1n) is 8.16. The van der Waals surface area contributed by atoms with Gasteiger partial charge < -0.3 is 9.47 Å². The molecule has 1 spiro atoms. The lowest BCUT2D eigenvalue weighted by atomic mass is 9.57. The normalized spacial score (nSPS) is 58.9. The van der Waals surface area contributed by atoms with Crippen molar-refractivity contribution in [2.45, 2.75) is 84.6 Å². The zero-order valence-corrected chi connectivity index (χ0v) is 12.9. The van der Waals surface area contributed by atoms with E-state index in [0.717, 1.165) is 12.8 Å². The lowest BCUT2D eigenvalue weighted by Gasteiger charge is -2.60. The summed E-state index contributed by atoms with van der Waals surface area (Å²) in [5.74, 6) is 1.44. The third kappa shape index (κ3) is 1.95. The highest BCUT2D eigenvalue weighted by atomic mass is 17.3. The van der Waals surface area contributed by atoms with Crippen LogP contribution in [-0.2, 0) is 19.2 Å². The fourth-order valence-corrected chi connectivity index (χ4v) is 5.08. The maximum absolute atomic E-state index is 6.23. The molecule has 0 aromatic heterocycles. The molecule has 5 fully saturated rings. The molecule has 4 heteroatoms. The zero-order valence-electron chi connectivity index (χ0n) is 12.9. The van der Waals surface area contributed by atoms with Crippen LogP contribution in [0.15, 0.2) is 0 Å². The SMILES string of the molecule is C.CC1O[C@@H]2O[C@@]3(C)CC[C@H]4[C@H](C)CC[C@@H]([C@H]1C)[C@@]24OO3. The Labute approximate surface area is 128 Å². The molecule has 4 saturated heterocycles. The summed E-state index contributed by atoms with van der Waals surface area (Å²) in [5, 5.41) is 0. The van der Waals surface area contributed by atoms with Crippen molar-refractivity contribution >= 4 is 0 Å². The predicted octanol–water partition coefficient (Wildman–Crippen LogP) is 3.89. The molecule has 5 rings (SSSR count). The van der Waals surface area contributed by atoms with Crippen LogP contribution in [0.2, 0.25) is 0 Å². The van der Waals surface area contributed by atoms with E-state index < -0.39 is 5.79 Å². The van der Waals surface area contributed by atoms with Gasteiger partial charge in [0.2, 0.25) is 5.79 Å². The Hall–Kier alpha value is -0.160. The van der Waals surface area contributed by atoms with Gasteiger partial charge in [0.25, 0.3) is 0 Å². The van der Waals surface area contributed by atoms with Crippen LogP contribution in [0, 0.1) is 23.7 Å². The molecule has 1 aliphatic carbocycles.